The van der Waals surface area contributed by atoms with Crippen LogP contribution in [-0.4, -0.2) is 35.1 Å². The van der Waals surface area contributed by atoms with E-state index in [2.05, 4.69) is 24.9 Å². The number of aromatic nitrogens is 4. The van der Waals surface area contributed by atoms with Gasteiger partial charge in [0, 0.05) is 25.4 Å². The molecular weight excluding hydrogens is 254 g/mol. The average Bonchev–Trinajstić information content (AvgIpc) is 2.89. The predicted octanol–water partition coefficient (Wildman–Crippen LogP) is 0.271. The van der Waals surface area contributed by atoms with E-state index in [9.17, 15) is 8.42 Å². The molecular formula is C10H15N5O2S. The van der Waals surface area contributed by atoms with Gasteiger partial charge >= 0.3 is 0 Å². The van der Waals surface area contributed by atoms with Gasteiger partial charge in [-0.05, 0) is 13.8 Å². The highest BCUT2D eigenvalue weighted by molar-refractivity contribution is 7.89. The minimum absolute atomic E-state index is 0.224. The van der Waals surface area contributed by atoms with Crippen molar-refractivity contribution in [2.24, 2.45) is 0 Å². The van der Waals surface area contributed by atoms with Gasteiger partial charge in [-0.25, -0.2) is 18.1 Å². The van der Waals surface area contributed by atoms with Crippen LogP contribution >= 0.6 is 0 Å². The molecule has 0 aliphatic carbocycles. The van der Waals surface area contributed by atoms with Crippen LogP contribution in [-0.2, 0) is 16.4 Å². The van der Waals surface area contributed by atoms with Crippen molar-refractivity contribution in [3.8, 4) is 0 Å². The molecule has 0 saturated heterocycles. The second kappa shape index (κ2) is 4.91. The molecule has 2 rings (SSSR count). The Morgan fingerprint density at radius 2 is 2.17 bits per heavy atom. The molecule has 0 bridgehead atoms. The molecule has 0 radical (unpaired) electrons. The number of imidazole rings is 1. The standard InChI is InChI=1S/C10H15N5O2S/c1-7-10(8(2)15-14-7)18(16,17)13-4-3-9-11-5-6-12-9/h5-6,13H,3-4H2,1-2H3,(H,11,12)(H,14,15). The average molecular weight is 269 g/mol. The first-order chi connectivity index (χ1) is 8.50. The number of nitrogens with zero attached hydrogens (tertiary/aromatic N) is 2. The summed E-state index contributed by atoms with van der Waals surface area (Å²) in [4.78, 5) is 7.17. The number of H-pyrrole nitrogens is 2. The van der Waals surface area contributed by atoms with E-state index in [0.29, 0.717) is 24.4 Å². The Balaban J connectivity index is 2.04. The second-order valence-electron chi connectivity index (χ2n) is 3.95. The van der Waals surface area contributed by atoms with Gasteiger partial charge in [0.05, 0.1) is 11.4 Å². The van der Waals surface area contributed by atoms with Gasteiger partial charge in [-0.1, -0.05) is 0 Å². The zero-order chi connectivity index (χ0) is 13.2. The smallest absolute Gasteiger partial charge is 0.244 e. The molecule has 7 nitrogen and oxygen atoms in total. The number of nitrogens with one attached hydrogen (secondary N) is 3. The van der Waals surface area contributed by atoms with Gasteiger partial charge in [-0.3, -0.25) is 5.10 Å². The van der Waals surface area contributed by atoms with Crippen molar-refractivity contribution >= 4 is 10.0 Å². The van der Waals surface area contributed by atoms with E-state index in [4.69, 9.17) is 0 Å². The summed E-state index contributed by atoms with van der Waals surface area (Å²) in [5.74, 6) is 0.748. The fourth-order valence-electron chi connectivity index (χ4n) is 1.75. The van der Waals surface area contributed by atoms with Crippen molar-refractivity contribution in [1.29, 1.82) is 0 Å². The van der Waals surface area contributed by atoms with Gasteiger partial charge in [0.1, 0.15) is 10.7 Å². The summed E-state index contributed by atoms with van der Waals surface area (Å²) in [5.41, 5.74) is 1.01. The second-order valence-corrected chi connectivity index (χ2v) is 5.65. The summed E-state index contributed by atoms with van der Waals surface area (Å²) in [6, 6.07) is 0. The van der Waals surface area contributed by atoms with Crippen molar-refractivity contribution in [2.45, 2.75) is 25.2 Å². The first kappa shape index (κ1) is 12.8. The van der Waals surface area contributed by atoms with Crippen LogP contribution in [0.1, 0.15) is 17.2 Å². The highest BCUT2D eigenvalue weighted by Gasteiger charge is 2.21. The molecule has 2 heterocycles. The van der Waals surface area contributed by atoms with Crippen molar-refractivity contribution < 1.29 is 8.42 Å². The van der Waals surface area contributed by atoms with Crippen LogP contribution < -0.4 is 4.72 Å². The number of aromatic amines is 2. The van der Waals surface area contributed by atoms with E-state index in [1.54, 1.807) is 26.2 Å². The highest BCUT2D eigenvalue weighted by atomic mass is 32.2. The number of hydrogen-bond donors (Lipinski definition) is 3. The largest absolute Gasteiger partial charge is 0.349 e. The molecule has 0 aromatic carbocycles. The molecule has 0 aliphatic heterocycles. The summed E-state index contributed by atoms with van der Waals surface area (Å²) >= 11 is 0. The lowest BCUT2D eigenvalue weighted by molar-refractivity contribution is 0.580. The maximum Gasteiger partial charge on any atom is 0.244 e. The molecule has 0 fully saturated rings. The third-order valence-electron chi connectivity index (χ3n) is 2.54. The Labute approximate surface area is 105 Å². The summed E-state index contributed by atoms with van der Waals surface area (Å²) < 4.78 is 26.7. The van der Waals surface area contributed by atoms with Gasteiger partial charge in [0.15, 0.2) is 0 Å². The summed E-state index contributed by atoms with van der Waals surface area (Å²) in [6.07, 6.45) is 3.85. The highest BCUT2D eigenvalue weighted by Crippen LogP contribution is 2.15. The maximum atomic E-state index is 12.1. The van der Waals surface area contributed by atoms with Crippen molar-refractivity contribution in [3.05, 3.63) is 29.6 Å². The van der Waals surface area contributed by atoms with Crippen LogP contribution in [0.2, 0.25) is 0 Å². The quantitative estimate of drug-likeness (QED) is 0.724. The van der Waals surface area contributed by atoms with Crippen LogP contribution in [0, 0.1) is 13.8 Å². The first-order valence-electron chi connectivity index (χ1n) is 5.50. The van der Waals surface area contributed by atoms with Crippen LogP contribution in [0.25, 0.3) is 0 Å². The minimum Gasteiger partial charge on any atom is -0.349 e. The fraction of sp³-hybridized carbons (Fsp3) is 0.400. The minimum atomic E-state index is -3.52. The molecule has 2 aromatic heterocycles. The summed E-state index contributed by atoms with van der Waals surface area (Å²) in [5, 5.41) is 6.54. The Morgan fingerprint density at radius 1 is 1.39 bits per heavy atom. The number of sulfonamides is 1. The molecule has 0 atom stereocenters. The van der Waals surface area contributed by atoms with Crippen LogP contribution in [0.15, 0.2) is 17.3 Å². The number of rotatable bonds is 5. The van der Waals surface area contributed by atoms with Crippen LogP contribution in [0.5, 0.6) is 0 Å². The van der Waals surface area contributed by atoms with Crippen LogP contribution in [0.3, 0.4) is 0 Å². The summed E-state index contributed by atoms with van der Waals surface area (Å²) in [6.45, 7) is 3.63. The molecule has 18 heavy (non-hydrogen) atoms. The molecule has 0 aliphatic rings. The Bertz CT molecular complexity index is 595. The van der Waals surface area contributed by atoms with Crippen molar-refractivity contribution in [2.75, 3.05) is 6.54 Å². The third kappa shape index (κ3) is 2.59. The normalized spacial score (nSPS) is 11.9. The van der Waals surface area contributed by atoms with Crippen molar-refractivity contribution in [3.63, 3.8) is 0 Å². The maximum absolute atomic E-state index is 12.1. The Morgan fingerprint density at radius 3 is 2.72 bits per heavy atom. The molecule has 3 N–H and O–H groups in total. The molecule has 2 aromatic rings. The van der Waals surface area contributed by atoms with E-state index in [1.807, 2.05) is 0 Å². The number of aryl methyl sites for hydroxylation is 2. The Kier molecular flexibility index (Phi) is 3.48. The lowest BCUT2D eigenvalue weighted by Crippen LogP contribution is -2.27. The molecule has 0 amide bonds. The monoisotopic (exact) mass is 269 g/mol. The van der Waals surface area contributed by atoms with E-state index >= 15 is 0 Å². The molecule has 8 heteroatoms. The van der Waals surface area contributed by atoms with Gasteiger partial charge < -0.3 is 4.98 Å². The molecule has 0 spiro atoms. The van der Waals surface area contributed by atoms with E-state index in [-0.39, 0.29) is 4.90 Å². The fourth-order valence-corrected chi connectivity index (χ4v) is 3.15. The molecule has 0 unspecified atom stereocenters. The van der Waals surface area contributed by atoms with E-state index in [1.165, 1.54) is 0 Å². The van der Waals surface area contributed by atoms with Gasteiger partial charge in [-0.15, -0.1) is 0 Å². The SMILES string of the molecule is Cc1n[nH]c(C)c1S(=O)(=O)NCCc1ncc[nH]1. The van der Waals surface area contributed by atoms with Gasteiger partial charge in [0.2, 0.25) is 10.0 Å². The molecule has 98 valence electrons. The van der Waals surface area contributed by atoms with Gasteiger partial charge in [0.25, 0.3) is 0 Å². The summed E-state index contributed by atoms with van der Waals surface area (Å²) in [7, 11) is -3.52. The lowest BCUT2D eigenvalue weighted by atomic mass is 10.4. The lowest BCUT2D eigenvalue weighted by Gasteiger charge is -2.05. The predicted molar refractivity (Wildman–Crippen MR) is 65.5 cm³/mol. The van der Waals surface area contributed by atoms with E-state index < -0.39 is 10.0 Å². The zero-order valence-corrected chi connectivity index (χ0v) is 11.0. The number of hydrogen-bond acceptors (Lipinski definition) is 4. The molecule has 0 saturated carbocycles. The Hall–Kier alpha value is -1.67. The third-order valence-corrected chi connectivity index (χ3v) is 4.26. The first-order valence-corrected chi connectivity index (χ1v) is 6.98. The van der Waals surface area contributed by atoms with Gasteiger partial charge in [-0.2, -0.15) is 5.10 Å². The zero-order valence-electron chi connectivity index (χ0n) is 10.2. The van der Waals surface area contributed by atoms with Crippen LogP contribution in [0.4, 0.5) is 0 Å². The topological polar surface area (TPSA) is 104 Å². The van der Waals surface area contributed by atoms with Crippen molar-refractivity contribution in [1.82, 2.24) is 24.9 Å². The van der Waals surface area contributed by atoms with E-state index in [0.717, 1.165) is 5.82 Å².